The average Bonchev–Trinajstić information content (AvgIpc) is 2.94. The first kappa shape index (κ1) is 15.9. The maximum absolute atomic E-state index is 12.2. The predicted octanol–water partition coefficient (Wildman–Crippen LogP) is 1.56. The summed E-state index contributed by atoms with van der Waals surface area (Å²) < 4.78 is 32.4. The first-order valence-electron chi connectivity index (χ1n) is 6.97. The van der Waals surface area contributed by atoms with E-state index in [0.717, 1.165) is 30.9 Å². The summed E-state index contributed by atoms with van der Waals surface area (Å²) in [5, 5.41) is 4.89. The Morgan fingerprint density at radius 2 is 2.35 bits per heavy atom. The van der Waals surface area contributed by atoms with Gasteiger partial charge in [0.15, 0.2) is 0 Å². The molecule has 1 atom stereocenters. The zero-order valence-corrected chi connectivity index (χ0v) is 13.4. The third-order valence-corrected chi connectivity index (χ3v) is 5.79. The lowest BCUT2D eigenvalue weighted by atomic mass is 10.0. The minimum atomic E-state index is -3.39. The summed E-state index contributed by atoms with van der Waals surface area (Å²) in [5.74, 6) is 0.290. The van der Waals surface area contributed by atoms with E-state index in [4.69, 9.17) is 4.74 Å². The Morgan fingerprint density at radius 3 is 3.05 bits per heavy atom. The van der Waals surface area contributed by atoms with Gasteiger partial charge in [0.25, 0.3) is 0 Å². The maximum atomic E-state index is 12.2. The molecule has 20 heavy (non-hydrogen) atoms. The number of ether oxygens (including phenoxy) is 1. The zero-order valence-electron chi connectivity index (χ0n) is 11.7. The van der Waals surface area contributed by atoms with Gasteiger partial charge in [0.2, 0.25) is 10.0 Å². The monoisotopic (exact) mass is 318 g/mol. The van der Waals surface area contributed by atoms with Crippen LogP contribution in [0.2, 0.25) is 0 Å². The first-order chi connectivity index (χ1) is 9.62. The highest BCUT2D eigenvalue weighted by atomic mass is 32.2. The van der Waals surface area contributed by atoms with Crippen molar-refractivity contribution >= 4 is 21.4 Å². The highest BCUT2D eigenvalue weighted by Gasteiger charge is 2.20. The Morgan fingerprint density at radius 1 is 1.50 bits per heavy atom. The minimum absolute atomic E-state index is 0.290. The van der Waals surface area contributed by atoms with Gasteiger partial charge in [0.05, 0.1) is 11.5 Å². The van der Waals surface area contributed by atoms with Crippen LogP contribution < -0.4 is 10.0 Å². The van der Waals surface area contributed by atoms with E-state index in [0.29, 0.717) is 30.5 Å². The smallest absolute Gasteiger partial charge is 0.241 e. The van der Waals surface area contributed by atoms with E-state index in [2.05, 4.69) is 10.0 Å². The van der Waals surface area contributed by atoms with E-state index in [9.17, 15) is 8.42 Å². The molecule has 5 nitrogen and oxygen atoms in total. The molecule has 2 heterocycles. The topological polar surface area (TPSA) is 67.4 Å². The summed E-state index contributed by atoms with van der Waals surface area (Å²) in [6, 6.07) is 1.74. The molecule has 114 valence electrons. The molecule has 0 bridgehead atoms. The fourth-order valence-electron chi connectivity index (χ4n) is 2.12. The highest BCUT2D eigenvalue weighted by Crippen LogP contribution is 2.20. The lowest BCUT2D eigenvalue weighted by molar-refractivity contribution is 0.0568. The van der Waals surface area contributed by atoms with Crippen LogP contribution in [0.1, 0.15) is 24.6 Å². The summed E-state index contributed by atoms with van der Waals surface area (Å²) in [5.41, 5.74) is 0. The lowest BCUT2D eigenvalue weighted by Gasteiger charge is -2.21. The van der Waals surface area contributed by atoms with Gasteiger partial charge < -0.3 is 10.1 Å². The van der Waals surface area contributed by atoms with Crippen LogP contribution in [0.3, 0.4) is 0 Å². The van der Waals surface area contributed by atoms with E-state index in [1.54, 1.807) is 11.4 Å². The van der Waals surface area contributed by atoms with Gasteiger partial charge in [-0.3, -0.25) is 0 Å². The Balaban J connectivity index is 1.90. The van der Waals surface area contributed by atoms with Gasteiger partial charge in [0.1, 0.15) is 0 Å². The standard InChI is InChI=1S/C13H22N2O3S2/c1-2-14-8-12-6-13(10-19-12)20(16,17)15-7-11-4-3-5-18-9-11/h6,10-11,14-15H,2-5,7-9H2,1H3. The van der Waals surface area contributed by atoms with Crippen LogP contribution in [0.4, 0.5) is 0 Å². The Kier molecular flexibility index (Phi) is 5.98. The summed E-state index contributed by atoms with van der Waals surface area (Å²) in [6.45, 7) is 5.52. The van der Waals surface area contributed by atoms with Crippen LogP contribution in [0.5, 0.6) is 0 Å². The van der Waals surface area contributed by atoms with Crippen molar-refractivity contribution in [3.8, 4) is 0 Å². The summed E-state index contributed by atoms with van der Waals surface area (Å²) in [6.07, 6.45) is 2.04. The Labute approximate surface area is 124 Å². The number of sulfonamides is 1. The summed E-state index contributed by atoms with van der Waals surface area (Å²) in [4.78, 5) is 1.40. The molecular formula is C13H22N2O3S2. The van der Waals surface area contributed by atoms with Crippen LogP contribution in [0.15, 0.2) is 16.3 Å². The predicted molar refractivity (Wildman–Crippen MR) is 80.4 cm³/mol. The van der Waals surface area contributed by atoms with E-state index in [1.807, 2.05) is 6.92 Å². The van der Waals surface area contributed by atoms with Gasteiger partial charge in [-0.05, 0) is 31.4 Å². The molecule has 0 radical (unpaired) electrons. The van der Waals surface area contributed by atoms with Crippen molar-refractivity contribution in [2.75, 3.05) is 26.3 Å². The molecule has 0 aromatic carbocycles. The molecule has 1 aliphatic rings. The van der Waals surface area contributed by atoms with Gasteiger partial charge in [-0.15, -0.1) is 11.3 Å². The van der Waals surface area contributed by atoms with Crippen molar-refractivity contribution in [3.63, 3.8) is 0 Å². The van der Waals surface area contributed by atoms with Gasteiger partial charge in [-0.1, -0.05) is 6.92 Å². The second-order valence-corrected chi connectivity index (χ2v) is 7.73. The number of nitrogens with one attached hydrogen (secondary N) is 2. The fourth-order valence-corrected chi connectivity index (χ4v) is 4.48. The Hall–Kier alpha value is -0.470. The molecule has 2 rings (SSSR count). The van der Waals surface area contributed by atoms with E-state index in [-0.39, 0.29) is 0 Å². The van der Waals surface area contributed by atoms with Crippen molar-refractivity contribution in [3.05, 3.63) is 16.3 Å². The van der Waals surface area contributed by atoms with Crippen molar-refractivity contribution in [2.45, 2.75) is 31.2 Å². The van der Waals surface area contributed by atoms with Crippen LogP contribution in [-0.2, 0) is 21.3 Å². The van der Waals surface area contributed by atoms with Gasteiger partial charge >= 0.3 is 0 Å². The van der Waals surface area contributed by atoms with Crippen LogP contribution in [0.25, 0.3) is 0 Å². The van der Waals surface area contributed by atoms with Gasteiger partial charge in [-0.25, -0.2) is 13.1 Å². The number of hydrogen-bond donors (Lipinski definition) is 2. The molecule has 1 unspecified atom stereocenters. The van der Waals surface area contributed by atoms with Crippen molar-refractivity contribution in [1.29, 1.82) is 0 Å². The molecule has 2 N–H and O–H groups in total. The quantitative estimate of drug-likeness (QED) is 0.801. The number of hydrogen-bond acceptors (Lipinski definition) is 5. The summed E-state index contributed by atoms with van der Waals surface area (Å²) >= 11 is 1.47. The molecule has 0 amide bonds. The minimum Gasteiger partial charge on any atom is -0.381 e. The van der Waals surface area contributed by atoms with E-state index >= 15 is 0 Å². The first-order valence-corrected chi connectivity index (χ1v) is 9.33. The molecule has 1 aliphatic heterocycles. The largest absolute Gasteiger partial charge is 0.381 e. The van der Waals surface area contributed by atoms with E-state index < -0.39 is 10.0 Å². The molecule has 1 aromatic heterocycles. The third kappa shape index (κ3) is 4.53. The summed E-state index contributed by atoms with van der Waals surface area (Å²) in [7, 11) is -3.39. The van der Waals surface area contributed by atoms with Crippen LogP contribution in [0, 0.1) is 5.92 Å². The molecule has 0 saturated carbocycles. The third-order valence-electron chi connectivity index (χ3n) is 3.31. The Bertz CT molecular complexity index is 507. The average molecular weight is 318 g/mol. The normalized spacial score (nSPS) is 20.1. The van der Waals surface area contributed by atoms with Crippen molar-refractivity contribution in [1.82, 2.24) is 10.0 Å². The van der Waals surface area contributed by atoms with Crippen LogP contribution in [-0.4, -0.2) is 34.7 Å². The molecule has 1 saturated heterocycles. The molecular weight excluding hydrogens is 296 g/mol. The number of rotatable bonds is 7. The molecule has 0 spiro atoms. The fraction of sp³-hybridized carbons (Fsp3) is 0.692. The second kappa shape index (κ2) is 7.51. The van der Waals surface area contributed by atoms with Crippen molar-refractivity contribution < 1.29 is 13.2 Å². The van der Waals surface area contributed by atoms with Crippen LogP contribution >= 0.6 is 11.3 Å². The SMILES string of the molecule is CCNCc1cc(S(=O)(=O)NCC2CCCOC2)cs1. The molecule has 7 heteroatoms. The maximum Gasteiger partial charge on any atom is 0.241 e. The molecule has 0 aliphatic carbocycles. The van der Waals surface area contributed by atoms with Gasteiger partial charge in [-0.2, -0.15) is 0 Å². The van der Waals surface area contributed by atoms with Crippen molar-refractivity contribution in [2.24, 2.45) is 5.92 Å². The highest BCUT2D eigenvalue weighted by molar-refractivity contribution is 7.89. The molecule has 1 fully saturated rings. The number of thiophene rings is 1. The molecule has 1 aromatic rings. The lowest BCUT2D eigenvalue weighted by Crippen LogP contribution is -2.33. The second-order valence-electron chi connectivity index (χ2n) is 4.96. The van der Waals surface area contributed by atoms with E-state index in [1.165, 1.54) is 11.3 Å². The zero-order chi connectivity index (χ0) is 14.4. The van der Waals surface area contributed by atoms with Gasteiger partial charge in [0, 0.05) is 30.0 Å².